The molecule has 6 heteroatoms. The number of benzene rings is 2. The Labute approximate surface area is 144 Å². The number of carbonyl (C=O) groups is 2. The van der Waals surface area contributed by atoms with Crippen LogP contribution in [0.15, 0.2) is 30.3 Å². The summed E-state index contributed by atoms with van der Waals surface area (Å²) in [5.41, 5.74) is 3.71. The molecule has 120 valence electrons. The summed E-state index contributed by atoms with van der Waals surface area (Å²) in [5.74, 6) is -1.62. The minimum atomic E-state index is -0.834. The Kier molecular flexibility index (Phi) is 5.29. The Morgan fingerprint density at radius 1 is 0.826 bits per heavy atom. The largest absolute Gasteiger partial charge is 0.317 e. The Morgan fingerprint density at radius 2 is 1.26 bits per heavy atom. The van der Waals surface area contributed by atoms with E-state index in [1.807, 2.05) is 32.9 Å². The van der Waals surface area contributed by atoms with Crippen LogP contribution in [0.4, 0.5) is 11.4 Å². The van der Waals surface area contributed by atoms with E-state index in [1.165, 1.54) is 0 Å². The van der Waals surface area contributed by atoms with Gasteiger partial charge in [-0.3, -0.25) is 9.59 Å². The van der Waals surface area contributed by atoms with Crippen molar-refractivity contribution in [3.8, 4) is 0 Å². The van der Waals surface area contributed by atoms with E-state index in [1.54, 1.807) is 18.2 Å². The van der Waals surface area contributed by atoms with Crippen molar-refractivity contribution in [1.82, 2.24) is 0 Å². The van der Waals surface area contributed by atoms with E-state index in [0.29, 0.717) is 5.69 Å². The van der Waals surface area contributed by atoms with Crippen molar-refractivity contribution >= 4 is 46.4 Å². The fourth-order valence-electron chi connectivity index (χ4n) is 2.34. The highest BCUT2D eigenvalue weighted by Gasteiger charge is 2.18. The molecular formula is C17H16Cl2N2O2. The van der Waals surface area contributed by atoms with Crippen molar-refractivity contribution in [3.05, 3.63) is 57.1 Å². The number of anilines is 2. The van der Waals surface area contributed by atoms with Crippen LogP contribution >= 0.6 is 23.2 Å². The van der Waals surface area contributed by atoms with Gasteiger partial charge in [-0.2, -0.15) is 0 Å². The molecule has 23 heavy (non-hydrogen) atoms. The van der Waals surface area contributed by atoms with Crippen LogP contribution in [0, 0.1) is 20.8 Å². The summed E-state index contributed by atoms with van der Waals surface area (Å²) >= 11 is 12.0. The topological polar surface area (TPSA) is 58.2 Å². The van der Waals surface area contributed by atoms with Crippen LogP contribution in [-0.2, 0) is 9.59 Å². The number of para-hydroxylation sites is 1. The van der Waals surface area contributed by atoms with Crippen LogP contribution in [0.5, 0.6) is 0 Å². The summed E-state index contributed by atoms with van der Waals surface area (Å²) in [4.78, 5) is 24.2. The predicted octanol–water partition coefficient (Wildman–Crippen LogP) is 4.50. The molecular weight excluding hydrogens is 335 g/mol. The SMILES string of the molecule is Cc1cc(C)c(NC(=O)C(=O)Nc2c(Cl)cccc2Cl)c(C)c1. The molecule has 2 aromatic rings. The second-order valence-electron chi connectivity index (χ2n) is 5.28. The van der Waals surface area contributed by atoms with Gasteiger partial charge in [0.15, 0.2) is 0 Å². The second-order valence-corrected chi connectivity index (χ2v) is 6.09. The lowest BCUT2D eigenvalue weighted by Crippen LogP contribution is -2.29. The molecule has 0 aliphatic carbocycles. The first-order valence-corrected chi connectivity index (χ1v) is 7.69. The normalized spacial score (nSPS) is 10.3. The van der Waals surface area contributed by atoms with Crippen molar-refractivity contribution in [1.29, 1.82) is 0 Å². The quantitative estimate of drug-likeness (QED) is 0.783. The molecule has 2 amide bonds. The number of amides is 2. The van der Waals surface area contributed by atoms with E-state index in [4.69, 9.17) is 23.2 Å². The van der Waals surface area contributed by atoms with Gasteiger partial charge >= 0.3 is 11.8 Å². The van der Waals surface area contributed by atoms with E-state index >= 15 is 0 Å². The number of rotatable bonds is 2. The predicted molar refractivity (Wildman–Crippen MR) is 94.4 cm³/mol. The zero-order chi connectivity index (χ0) is 17.1. The lowest BCUT2D eigenvalue weighted by Gasteiger charge is -2.13. The minimum Gasteiger partial charge on any atom is -0.317 e. The van der Waals surface area contributed by atoms with Gasteiger partial charge in [-0.15, -0.1) is 0 Å². The molecule has 0 aromatic heterocycles. The molecule has 0 fully saturated rings. The maximum Gasteiger partial charge on any atom is 0.314 e. The minimum absolute atomic E-state index is 0.216. The average molecular weight is 351 g/mol. The zero-order valence-electron chi connectivity index (χ0n) is 13.0. The van der Waals surface area contributed by atoms with Gasteiger partial charge in [-0.05, 0) is 44.0 Å². The number of nitrogens with one attached hydrogen (secondary N) is 2. The van der Waals surface area contributed by atoms with Crippen LogP contribution in [-0.4, -0.2) is 11.8 Å². The molecule has 0 unspecified atom stereocenters. The number of hydrogen-bond acceptors (Lipinski definition) is 2. The molecule has 0 aliphatic heterocycles. The van der Waals surface area contributed by atoms with Crippen molar-refractivity contribution in [2.24, 2.45) is 0 Å². The summed E-state index contributed by atoms with van der Waals surface area (Å²) < 4.78 is 0. The molecule has 0 atom stereocenters. The van der Waals surface area contributed by atoms with E-state index in [2.05, 4.69) is 10.6 Å². The van der Waals surface area contributed by atoms with Crippen molar-refractivity contribution in [2.45, 2.75) is 20.8 Å². The lowest BCUT2D eigenvalue weighted by molar-refractivity contribution is -0.133. The first-order chi connectivity index (χ1) is 10.8. The highest BCUT2D eigenvalue weighted by Crippen LogP contribution is 2.29. The van der Waals surface area contributed by atoms with Crippen LogP contribution in [0.2, 0.25) is 10.0 Å². The van der Waals surface area contributed by atoms with Gasteiger partial charge in [0.2, 0.25) is 0 Å². The molecule has 0 saturated carbocycles. The van der Waals surface area contributed by atoms with Gasteiger partial charge in [0, 0.05) is 5.69 Å². The molecule has 0 heterocycles. The third-order valence-corrected chi connectivity index (χ3v) is 3.95. The van der Waals surface area contributed by atoms with Gasteiger partial charge in [0.25, 0.3) is 0 Å². The van der Waals surface area contributed by atoms with Gasteiger partial charge in [-0.25, -0.2) is 0 Å². The van der Waals surface area contributed by atoms with Crippen LogP contribution in [0.3, 0.4) is 0 Å². The van der Waals surface area contributed by atoms with Gasteiger partial charge in [0.1, 0.15) is 0 Å². The molecule has 0 bridgehead atoms. The van der Waals surface area contributed by atoms with Crippen LogP contribution in [0.25, 0.3) is 0 Å². The average Bonchev–Trinajstić information content (AvgIpc) is 2.46. The van der Waals surface area contributed by atoms with Gasteiger partial charge in [0.05, 0.1) is 15.7 Å². The molecule has 2 rings (SSSR count). The number of aryl methyl sites for hydroxylation is 3. The number of halogens is 2. The Hall–Kier alpha value is -2.04. The monoisotopic (exact) mass is 350 g/mol. The Bertz CT molecular complexity index is 745. The number of carbonyl (C=O) groups excluding carboxylic acids is 2. The first kappa shape index (κ1) is 17.3. The van der Waals surface area contributed by atoms with Crippen molar-refractivity contribution < 1.29 is 9.59 Å². The van der Waals surface area contributed by atoms with E-state index in [9.17, 15) is 9.59 Å². The molecule has 0 saturated heterocycles. The summed E-state index contributed by atoms with van der Waals surface area (Å²) in [7, 11) is 0. The third kappa shape index (κ3) is 4.03. The van der Waals surface area contributed by atoms with Gasteiger partial charge in [-0.1, -0.05) is 47.0 Å². The molecule has 2 aromatic carbocycles. The Balaban J connectivity index is 2.17. The van der Waals surface area contributed by atoms with E-state index in [0.717, 1.165) is 16.7 Å². The summed E-state index contributed by atoms with van der Waals surface area (Å²) in [6.45, 7) is 5.72. The fourth-order valence-corrected chi connectivity index (χ4v) is 2.83. The summed E-state index contributed by atoms with van der Waals surface area (Å²) in [6, 6.07) is 8.68. The van der Waals surface area contributed by atoms with Crippen LogP contribution in [0.1, 0.15) is 16.7 Å². The number of hydrogen-bond donors (Lipinski definition) is 2. The summed E-state index contributed by atoms with van der Waals surface area (Å²) in [5, 5.41) is 5.59. The second kappa shape index (κ2) is 7.02. The first-order valence-electron chi connectivity index (χ1n) is 6.93. The van der Waals surface area contributed by atoms with Gasteiger partial charge < -0.3 is 10.6 Å². The van der Waals surface area contributed by atoms with Crippen LogP contribution < -0.4 is 10.6 Å². The maximum absolute atomic E-state index is 12.1. The molecule has 4 nitrogen and oxygen atoms in total. The molecule has 0 radical (unpaired) electrons. The Morgan fingerprint density at radius 3 is 1.74 bits per heavy atom. The highest BCUT2D eigenvalue weighted by molar-refractivity contribution is 6.46. The van der Waals surface area contributed by atoms with Crippen molar-refractivity contribution in [3.63, 3.8) is 0 Å². The summed E-state index contributed by atoms with van der Waals surface area (Å²) in [6.07, 6.45) is 0. The van der Waals surface area contributed by atoms with E-state index < -0.39 is 11.8 Å². The van der Waals surface area contributed by atoms with E-state index in [-0.39, 0.29) is 15.7 Å². The molecule has 0 spiro atoms. The zero-order valence-corrected chi connectivity index (χ0v) is 14.5. The standard InChI is InChI=1S/C17H16Cl2N2O2/c1-9-7-10(2)14(11(3)8-9)20-16(22)17(23)21-15-12(18)5-4-6-13(15)19/h4-8H,1-3H3,(H,20,22)(H,21,23). The highest BCUT2D eigenvalue weighted by atomic mass is 35.5. The van der Waals surface area contributed by atoms with Crippen molar-refractivity contribution in [2.75, 3.05) is 10.6 Å². The molecule has 0 aliphatic rings. The smallest absolute Gasteiger partial charge is 0.314 e. The lowest BCUT2D eigenvalue weighted by atomic mass is 10.1. The third-order valence-electron chi connectivity index (χ3n) is 3.32. The maximum atomic E-state index is 12.1. The fraction of sp³-hybridized carbons (Fsp3) is 0.176. The molecule has 2 N–H and O–H groups in total.